The lowest BCUT2D eigenvalue weighted by Gasteiger charge is -2.10. The molecule has 0 aliphatic heterocycles. The molecule has 0 aromatic heterocycles. The van der Waals surface area contributed by atoms with Crippen molar-refractivity contribution in [2.45, 2.75) is 6.42 Å². The molecule has 0 heterocycles. The second-order valence-corrected chi connectivity index (χ2v) is 1.80. The van der Waals surface area contributed by atoms with Gasteiger partial charge in [-0.3, -0.25) is 5.41 Å². The van der Waals surface area contributed by atoms with Gasteiger partial charge in [0.15, 0.2) is 0 Å². The predicted octanol–water partition coefficient (Wildman–Crippen LogP) is 0.346. The van der Waals surface area contributed by atoms with E-state index < -0.39 is 0 Å². The smallest absolute Gasteiger partial charge is 0.0976 e. The van der Waals surface area contributed by atoms with Crippen LogP contribution in [0.1, 0.15) is 6.42 Å². The largest absolute Gasteiger partial charge is 0.367 e. The Kier molecular flexibility index (Phi) is 3.19. The van der Waals surface area contributed by atoms with Gasteiger partial charge in [-0.15, -0.1) is 0 Å². The van der Waals surface area contributed by atoms with Crippen LogP contribution in [0.25, 0.3) is 0 Å². The van der Waals surface area contributed by atoms with E-state index in [0.717, 1.165) is 0 Å². The maximum Gasteiger partial charge on any atom is 0.0976 e. The van der Waals surface area contributed by atoms with Crippen molar-refractivity contribution in [2.75, 3.05) is 20.7 Å². The van der Waals surface area contributed by atoms with Crippen LogP contribution in [-0.2, 0) is 5.11 Å². The van der Waals surface area contributed by atoms with Crippen molar-refractivity contribution in [1.82, 2.24) is 4.90 Å². The van der Waals surface area contributed by atoms with E-state index in [1.54, 1.807) is 19.0 Å². The van der Waals surface area contributed by atoms with Gasteiger partial charge in [0.25, 0.3) is 0 Å². The third-order valence-corrected chi connectivity index (χ3v) is 0.879. The Labute approximate surface area is 49.4 Å². The van der Waals surface area contributed by atoms with Gasteiger partial charge in [-0.05, 0) is 0 Å². The minimum Gasteiger partial charge on any atom is -0.367 e. The standard InChI is InChI=1S/C5H11N2O/c1-7(2)5(6)3-4-8/h6H,3-4H2,1-2H3. The highest BCUT2D eigenvalue weighted by molar-refractivity contribution is 5.78. The highest BCUT2D eigenvalue weighted by atomic mass is 16.3. The Morgan fingerprint density at radius 3 is 2.25 bits per heavy atom. The Morgan fingerprint density at radius 2 is 2.12 bits per heavy atom. The summed E-state index contributed by atoms with van der Waals surface area (Å²) in [6.07, 6.45) is 0.340. The number of nitrogens with zero attached hydrogens (tertiary/aromatic N) is 1. The topological polar surface area (TPSA) is 47.0 Å². The molecule has 0 saturated heterocycles. The van der Waals surface area contributed by atoms with Crippen LogP contribution in [-0.4, -0.2) is 31.4 Å². The van der Waals surface area contributed by atoms with E-state index in [2.05, 4.69) is 0 Å². The minimum atomic E-state index is -0.184. The van der Waals surface area contributed by atoms with Crippen LogP contribution in [0.4, 0.5) is 0 Å². The molecule has 0 fully saturated rings. The second-order valence-electron chi connectivity index (χ2n) is 1.80. The van der Waals surface area contributed by atoms with Crippen molar-refractivity contribution < 1.29 is 5.11 Å². The van der Waals surface area contributed by atoms with E-state index >= 15 is 0 Å². The molecule has 1 N–H and O–H groups in total. The van der Waals surface area contributed by atoms with E-state index in [-0.39, 0.29) is 6.61 Å². The molecule has 0 aromatic rings. The van der Waals surface area contributed by atoms with Gasteiger partial charge in [-0.25, -0.2) is 5.11 Å². The molecule has 1 radical (unpaired) electrons. The fourth-order valence-electron chi connectivity index (χ4n) is 0.320. The number of rotatable bonds is 2. The summed E-state index contributed by atoms with van der Waals surface area (Å²) < 4.78 is 0. The van der Waals surface area contributed by atoms with Gasteiger partial charge in [0.1, 0.15) is 0 Å². The van der Waals surface area contributed by atoms with Crippen LogP contribution in [0.2, 0.25) is 0 Å². The van der Waals surface area contributed by atoms with E-state index in [0.29, 0.717) is 12.3 Å². The zero-order chi connectivity index (χ0) is 6.57. The summed E-state index contributed by atoms with van der Waals surface area (Å²) >= 11 is 0. The molecule has 0 aliphatic carbocycles. The van der Waals surface area contributed by atoms with E-state index in [1.807, 2.05) is 0 Å². The third-order valence-electron chi connectivity index (χ3n) is 0.879. The lowest BCUT2D eigenvalue weighted by Crippen LogP contribution is -2.21. The van der Waals surface area contributed by atoms with Crippen LogP contribution >= 0.6 is 0 Å². The van der Waals surface area contributed by atoms with Gasteiger partial charge in [0.2, 0.25) is 0 Å². The fourth-order valence-corrected chi connectivity index (χ4v) is 0.320. The Hall–Kier alpha value is -0.570. The number of nitrogens with one attached hydrogen (secondary N) is 1. The summed E-state index contributed by atoms with van der Waals surface area (Å²) in [6, 6.07) is 0. The van der Waals surface area contributed by atoms with Crippen LogP contribution in [0.3, 0.4) is 0 Å². The molecule has 0 rings (SSSR count). The average Bonchev–Trinajstić information content (AvgIpc) is 1.67. The maximum absolute atomic E-state index is 9.88. The molecule has 3 heteroatoms. The van der Waals surface area contributed by atoms with E-state index in [1.165, 1.54) is 0 Å². The molecule has 0 aliphatic rings. The van der Waals surface area contributed by atoms with Crippen LogP contribution < -0.4 is 0 Å². The molecule has 0 saturated carbocycles. The van der Waals surface area contributed by atoms with E-state index in [9.17, 15) is 5.11 Å². The van der Waals surface area contributed by atoms with Crippen molar-refractivity contribution in [3.05, 3.63) is 0 Å². The maximum atomic E-state index is 9.88. The number of hydrogen-bond donors (Lipinski definition) is 1. The molecule has 0 bridgehead atoms. The molecule has 3 nitrogen and oxygen atoms in total. The van der Waals surface area contributed by atoms with Gasteiger partial charge < -0.3 is 4.90 Å². The second kappa shape index (κ2) is 3.43. The average molecular weight is 115 g/mol. The van der Waals surface area contributed by atoms with Gasteiger partial charge >= 0.3 is 0 Å². The first-order chi connectivity index (χ1) is 3.68. The number of hydrogen-bond acceptors (Lipinski definition) is 1. The van der Waals surface area contributed by atoms with Gasteiger partial charge in [0.05, 0.1) is 12.4 Å². The first kappa shape index (κ1) is 7.43. The van der Waals surface area contributed by atoms with Crippen molar-refractivity contribution in [1.29, 1.82) is 5.41 Å². The Balaban J connectivity index is 3.33. The molecule has 47 valence electrons. The predicted molar refractivity (Wildman–Crippen MR) is 31.6 cm³/mol. The number of amidine groups is 1. The molecular weight excluding hydrogens is 104 g/mol. The van der Waals surface area contributed by atoms with Gasteiger partial charge in [0, 0.05) is 20.5 Å². The first-order valence-corrected chi connectivity index (χ1v) is 2.51. The van der Waals surface area contributed by atoms with Crippen LogP contribution in [0.15, 0.2) is 0 Å². The normalized spacial score (nSPS) is 8.88. The molecule has 0 aromatic carbocycles. The molecule has 8 heavy (non-hydrogen) atoms. The lowest BCUT2D eigenvalue weighted by molar-refractivity contribution is 0.200. The highest BCUT2D eigenvalue weighted by Gasteiger charge is 1.95. The quantitative estimate of drug-likeness (QED) is 0.409. The SMILES string of the molecule is CN(C)C(=N)CC[O]. The molecule has 0 atom stereocenters. The summed E-state index contributed by atoms with van der Waals surface area (Å²) in [6.45, 7) is -0.184. The van der Waals surface area contributed by atoms with Gasteiger partial charge in [-0.2, -0.15) is 0 Å². The fraction of sp³-hybridized carbons (Fsp3) is 0.800. The van der Waals surface area contributed by atoms with Crippen molar-refractivity contribution in [3.8, 4) is 0 Å². The monoisotopic (exact) mass is 115 g/mol. The lowest BCUT2D eigenvalue weighted by atomic mass is 10.4. The summed E-state index contributed by atoms with van der Waals surface area (Å²) in [4.78, 5) is 1.64. The molecule has 0 amide bonds. The Bertz CT molecular complexity index is 80.5. The van der Waals surface area contributed by atoms with Crippen LogP contribution in [0, 0.1) is 5.41 Å². The molecular formula is C5H11N2O. The zero-order valence-corrected chi connectivity index (χ0v) is 5.27. The van der Waals surface area contributed by atoms with E-state index in [4.69, 9.17) is 5.41 Å². The first-order valence-electron chi connectivity index (χ1n) is 2.51. The van der Waals surface area contributed by atoms with Gasteiger partial charge in [-0.1, -0.05) is 0 Å². The van der Waals surface area contributed by atoms with Crippen molar-refractivity contribution in [3.63, 3.8) is 0 Å². The summed E-state index contributed by atoms with van der Waals surface area (Å²) in [7, 11) is 3.52. The molecule has 0 spiro atoms. The summed E-state index contributed by atoms with van der Waals surface area (Å²) in [5, 5.41) is 16.9. The Morgan fingerprint density at radius 1 is 1.62 bits per heavy atom. The summed E-state index contributed by atoms with van der Waals surface area (Å²) in [5.41, 5.74) is 0. The minimum absolute atomic E-state index is 0.184. The van der Waals surface area contributed by atoms with Crippen LogP contribution in [0.5, 0.6) is 0 Å². The third kappa shape index (κ3) is 2.58. The highest BCUT2D eigenvalue weighted by Crippen LogP contribution is 1.84. The zero-order valence-electron chi connectivity index (χ0n) is 5.27. The van der Waals surface area contributed by atoms with Crippen molar-refractivity contribution in [2.24, 2.45) is 0 Å². The summed E-state index contributed by atoms with van der Waals surface area (Å²) in [5.74, 6) is 0.403. The van der Waals surface area contributed by atoms with Crippen molar-refractivity contribution >= 4 is 5.84 Å². The molecule has 0 unspecified atom stereocenters.